The van der Waals surface area contributed by atoms with Crippen LogP contribution < -0.4 is 10.6 Å². The van der Waals surface area contributed by atoms with Crippen LogP contribution in [0.4, 0.5) is 11.4 Å². The molecule has 3 aromatic rings. The van der Waals surface area contributed by atoms with Crippen molar-refractivity contribution in [2.24, 2.45) is 0 Å². The van der Waals surface area contributed by atoms with Gasteiger partial charge in [-0.15, -0.1) is 11.8 Å². The number of nitrogen functional groups attached to an aromatic ring is 1. The molecule has 2 aromatic heterocycles. The third-order valence-corrected chi connectivity index (χ3v) is 5.62. The molecule has 2 N–H and O–H groups in total. The van der Waals surface area contributed by atoms with Crippen LogP contribution in [0.1, 0.15) is 24.1 Å². The lowest BCUT2D eigenvalue weighted by molar-refractivity contribution is 0.201. The Morgan fingerprint density at radius 3 is 2.92 bits per heavy atom. The van der Waals surface area contributed by atoms with E-state index in [1.165, 1.54) is 16.1 Å². The SMILES string of the molecule is COCN1CSc2cc(C(C)c3ccn(-c4ccc(N)cn4)n3)ccc21. The predicted molar refractivity (Wildman–Crippen MR) is 105 cm³/mol. The summed E-state index contributed by atoms with van der Waals surface area (Å²) < 4.78 is 7.05. The van der Waals surface area contributed by atoms with Gasteiger partial charge in [0, 0.05) is 24.1 Å². The molecule has 0 bridgehead atoms. The van der Waals surface area contributed by atoms with Gasteiger partial charge in [-0.05, 0) is 35.9 Å². The van der Waals surface area contributed by atoms with Crippen molar-refractivity contribution in [3.63, 3.8) is 0 Å². The second-order valence-electron chi connectivity index (χ2n) is 6.31. The van der Waals surface area contributed by atoms with Gasteiger partial charge in [0.15, 0.2) is 5.82 Å². The number of methoxy groups -OCH3 is 1. The minimum absolute atomic E-state index is 0.201. The van der Waals surface area contributed by atoms with Gasteiger partial charge in [0.05, 0.1) is 29.1 Å². The number of anilines is 2. The number of nitrogens with zero attached hydrogens (tertiary/aromatic N) is 4. The summed E-state index contributed by atoms with van der Waals surface area (Å²) in [4.78, 5) is 7.85. The second-order valence-corrected chi connectivity index (χ2v) is 7.30. The minimum Gasteiger partial charge on any atom is -0.397 e. The Hall–Kier alpha value is -2.51. The van der Waals surface area contributed by atoms with E-state index >= 15 is 0 Å². The molecule has 134 valence electrons. The van der Waals surface area contributed by atoms with Crippen molar-refractivity contribution in [1.29, 1.82) is 0 Å². The number of fused-ring (bicyclic) bond motifs is 1. The van der Waals surface area contributed by atoms with Crippen LogP contribution in [0, 0.1) is 0 Å². The summed E-state index contributed by atoms with van der Waals surface area (Å²) >= 11 is 1.84. The molecule has 6 nitrogen and oxygen atoms in total. The number of nitrogens with two attached hydrogens (primary N) is 1. The molecule has 0 aliphatic carbocycles. The first-order valence-corrected chi connectivity index (χ1v) is 9.42. The van der Waals surface area contributed by atoms with Gasteiger partial charge in [0.1, 0.15) is 6.73 Å². The van der Waals surface area contributed by atoms with E-state index in [9.17, 15) is 0 Å². The summed E-state index contributed by atoms with van der Waals surface area (Å²) in [6, 6.07) is 12.4. The molecule has 1 unspecified atom stereocenters. The van der Waals surface area contributed by atoms with E-state index in [2.05, 4.69) is 35.0 Å². The summed E-state index contributed by atoms with van der Waals surface area (Å²) in [6.07, 6.45) is 3.58. The van der Waals surface area contributed by atoms with Crippen LogP contribution in [-0.2, 0) is 4.74 Å². The number of benzene rings is 1. The van der Waals surface area contributed by atoms with Gasteiger partial charge in [-0.2, -0.15) is 5.10 Å². The van der Waals surface area contributed by atoms with Gasteiger partial charge in [-0.3, -0.25) is 0 Å². The lowest BCUT2D eigenvalue weighted by atomic mass is 9.98. The zero-order chi connectivity index (χ0) is 18.1. The Kier molecular flexibility index (Phi) is 4.57. The van der Waals surface area contributed by atoms with Crippen LogP contribution in [0.5, 0.6) is 0 Å². The lowest BCUT2D eigenvalue weighted by Crippen LogP contribution is -2.21. The van der Waals surface area contributed by atoms with E-state index in [4.69, 9.17) is 15.6 Å². The van der Waals surface area contributed by atoms with Crippen molar-refractivity contribution in [1.82, 2.24) is 14.8 Å². The molecule has 0 amide bonds. The van der Waals surface area contributed by atoms with E-state index < -0.39 is 0 Å². The number of rotatable bonds is 5. The molecule has 1 aliphatic rings. The Labute approximate surface area is 157 Å². The van der Waals surface area contributed by atoms with Crippen LogP contribution in [-0.4, -0.2) is 34.5 Å². The van der Waals surface area contributed by atoms with E-state index in [-0.39, 0.29) is 5.92 Å². The third-order valence-electron chi connectivity index (χ3n) is 4.54. The summed E-state index contributed by atoms with van der Waals surface area (Å²) in [5.41, 5.74) is 9.86. The molecule has 0 saturated carbocycles. The van der Waals surface area contributed by atoms with E-state index in [0.29, 0.717) is 12.4 Å². The maximum Gasteiger partial charge on any atom is 0.153 e. The molecular weight excluding hydrogens is 346 g/mol. The number of pyridine rings is 1. The van der Waals surface area contributed by atoms with Crippen molar-refractivity contribution in [3.05, 3.63) is 60.0 Å². The average Bonchev–Trinajstić information content (AvgIpc) is 3.29. The van der Waals surface area contributed by atoms with Crippen LogP contribution in [0.3, 0.4) is 0 Å². The molecule has 1 atom stereocenters. The summed E-state index contributed by atoms with van der Waals surface area (Å²) in [5.74, 6) is 1.89. The topological polar surface area (TPSA) is 69.2 Å². The number of thioether (sulfide) groups is 1. The first kappa shape index (κ1) is 16.9. The number of aromatic nitrogens is 3. The quantitative estimate of drug-likeness (QED) is 0.745. The normalized spacial score (nSPS) is 14.5. The zero-order valence-corrected chi connectivity index (χ0v) is 15.6. The molecular formula is C19H21N5OS. The molecule has 0 spiro atoms. The molecule has 0 saturated heterocycles. The Balaban J connectivity index is 1.57. The predicted octanol–water partition coefficient (Wildman–Crippen LogP) is 3.47. The van der Waals surface area contributed by atoms with E-state index in [0.717, 1.165) is 17.4 Å². The zero-order valence-electron chi connectivity index (χ0n) is 14.8. The Morgan fingerprint density at radius 1 is 1.27 bits per heavy atom. The molecule has 1 aliphatic heterocycles. The highest BCUT2D eigenvalue weighted by Gasteiger charge is 2.21. The van der Waals surface area contributed by atoms with Gasteiger partial charge < -0.3 is 15.4 Å². The van der Waals surface area contributed by atoms with Gasteiger partial charge in [-0.25, -0.2) is 9.67 Å². The summed E-state index contributed by atoms with van der Waals surface area (Å²) in [5, 5.41) is 4.70. The van der Waals surface area contributed by atoms with Gasteiger partial charge in [-0.1, -0.05) is 13.0 Å². The third kappa shape index (κ3) is 3.15. The highest BCUT2D eigenvalue weighted by Crippen LogP contribution is 2.40. The monoisotopic (exact) mass is 367 g/mol. The maximum absolute atomic E-state index is 5.70. The Bertz CT molecular complexity index is 909. The van der Waals surface area contributed by atoms with Crippen molar-refractivity contribution in [3.8, 4) is 5.82 Å². The van der Waals surface area contributed by atoms with E-state index in [1.807, 2.05) is 36.2 Å². The van der Waals surface area contributed by atoms with Crippen molar-refractivity contribution >= 4 is 23.1 Å². The largest absolute Gasteiger partial charge is 0.397 e. The van der Waals surface area contributed by atoms with Crippen LogP contribution in [0.2, 0.25) is 0 Å². The molecule has 3 heterocycles. The molecule has 0 fully saturated rings. The fourth-order valence-electron chi connectivity index (χ4n) is 3.06. The lowest BCUT2D eigenvalue weighted by Gasteiger charge is -2.17. The number of hydrogen-bond donors (Lipinski definition) is 1. The molecule has 1 aromatic carbocycles. The number of ether oxygens (including phenoxy) is 1. The first-order valence-electron chi connectivity index (χ1n) is 8.44. The highest BCUT2D eigenvalue weighted by molar-refractivity contribution is 7.99. The smallest absolute Gasteiger partial charge is 0.153 e. The molecule has 7 heteroatoms. The summed E-state index contributed by atoms with van der Waals surface area (Å²) in [7, 11) is 1.73. The van der Waals surface area contributed by atoms with Crippen molar-refractivity contribution < 1.29 is 4.74 Å². The fraction of sp³-hybridized carbons (Fsp3) is 0.263. The molecule has 0 radical (unpaired) electrons. The van der Waals surface area contributed by atoms with E-state index in [1.54, 1.807) is 18.0 Å². The van der Waals surface area contributed by atoms with Crippen LogP contribution >= 0.6 is 11.8 Å². The van der Waals surface area contributed by atoms with Crippen LogP contribution in [0.25, 0.3) is 5.82 Å². The summed E-state index contributed by atoms with van der Waals surface area (Å²) in [6.45, 7) is 2.80. The highest BCUT2D eigenvalue weighted by atomic mass is 32.2. The average molecular weight is 367 g/mol. The van der Waals surface area contributed by atoms with Crippen molar-refractivity contribution in [2.45, 2.75) is 17.7 Å². The second kappa shape index (κ2) is 7.01. The molecule has 26 heavy (non-hydrogen) atoms. The van der Waals surface area contributed by atoms with Gasteiger partial charge in [0.25, 0.3) is 0 Å². The number of hydrogen-bond acceptors (Lipinski definition) is 6. The maximum atomic E-state index is 5.70. The van der Waals surface area contributed by atoms with Crippen LogP contribution in [0.15, 0.2) is 53.7 Å². The molecule has 4 rings (SSSR count). The van der Waals surface area contributed by atoms with Gasteiger partial charge >= 0.3 is 0 Å². The van der Waals surface area contributed by atoms with Crippen molar-refractivity contribution in [2.75, 3.05) is 30.4 Å². The minimum atomic E-state index is 0.201. The first-order chi connectivity index (χ1) is 12.7. The standard InChI is InChI=1S/C19H21N5OS/c1-13(14-3-5-17-18(9-14)26-12-23(17)11-25-2)16-7-8-24(22-16)19-6-4-15(20)10-21-19/h3-10,13H,11-12,20H2,1-2H3. The fourth-order valence-corrected chi connectivity index (χ4v) is 4.13. The van der Waals surface area contributed by atoms with Gasteiger partial charge in [0.2, 0.25) is 0 Å². The Morgan fingerprint density at radius 2 is 2.15 bits per heavy atom.